The highest BCUT2D eigenvalue weighted by molar-refractivity contribution is 6.32. The maximum absolute atomic E-state index is 5.99. The van der Waals surface area contributed by atoms with E-state index in [2.05, 4.69) is 10.3 Å². The van der Waals surface area contributed by atoms with Crippen LogP contribution >= 0.6 is 11.6 Å². The molecule has 3 N–H and O–H groups in total. The Kier molecular flexibility index (Phi) is 3.44. The third-order valence-corrected chi connectivity index (χ3v) is 3.20. The van der Waals surface area contributed by atoms with Crippen molar-refractivity contribution in [1.29, 1.82) is 0 Å². The molecule has 15 heavy (non-hydrogen) atoms. The standard InChI is InChI=1S/C11H16ClN3/c12-10-2-1-5-14-11(10)15-7-8-3-4-9(13)6-8/h1-2,5,8-9H,3-4,6-7,13H2,(H,14,15). The fraction of sp³-hybridized carbons (Fsp3) is 0.545. The predicted molar refractivity (Wildman–Crippen MR) is 63.1 cm³/mol. The summed E-state index contributed by atoms with van der Waals surface area (Å²) in [7, 11) is 0. The van der Waals surface area contributed by atoms with Crippen molar-refractivity contribution in [3.05, 3.63) is 23.4 Å². The van der Waals surface area contributed by atoms with E-state index < -0.39 is 0 Å². The zero-order valence-corrected chi connectivity index (χ0v) is 9.37. The summed E-state index contributed by atoms with van der Waals surface area (Å²) >= 11 is 5.99. The number of halogens is 1. The van der Waals surface area contributed by atoms with E-state index in [-0.39, 0.29) is 0 Å². The summed E-state index contributed by atoms with van der Waals surface area (Å²) in [6.07, 6.45) is 5.20. The fourth-order valence-electron chi connectivity index (χ4n) is 2.06. The summed E-state index contributed by atoms with van der Waals surface area (Å²) in [5.41, 5.74) is 5.85. The summed E-state index contributed by atoms with van der Waals surface area (Å²) < 4.78 is 0. The van der Waals surface area contributed by atoms with Gasteiger partial charge in [-0.05, 0) is 37.3 Å². The number of anilines is 1. The zero-order chi connectivity index (χ0) is 10.7. The number of nitrogens with one attached hydrogen (secondary N) is 1. The molecule has 1 aromatic rings. The topological polar surface area (TPSA) is 50.9 Å². The van der Waals surface area contributed by atoms with Crippen molar-refractivity contribution in [2.75, 3.05) is 11.9 Å². The summed E-state index contributed by atoms with van der Waals surface area (Å²) in [6.45, 7) is 0.921. The van der Waals surface area contributed by atoms with Crippen LogP contribution in [0.15, 0.2) is 18.3 Å². The third kappa shape index (κ3) is 2.83. The van der Waals surface area contributed by atoms with Gasteiger partial charge >= 0.3 is 0 Å². The van der Waals surface area contributed by atoms with Gasteiger partial charge in [-0.3, -0.25) is 0 Å². The lowest BCUT2D eigenvalue weighted by atomic mass is 10.1. The molecule has 0 aromatic carbocycles. The van der Waals surface area contributed by atoms with Crippen LogP contribution in [-0.2, 0) is 0 Å². The van der Waals surface area contributed by atoms with Crippen LogP contribution in [0.5, 0.6) is 0 Å². The second-order valence-corrected chi connectivity index (χ2v) is 4.56. The third-order valence-electron chi connectivity index (χ3n) is 2.90. The molecule has 2 rings (SSSR count). The molecule has 2 unspecified atom stereocenters. The predicted octanol–water partition coefficient (Wildman–Crippen LogP) is 2.27. The Morgan fingerprint density at radius 1 is 1.53 bits per heavy atom. The minimum absolute atomic E-state index is 0.385. The molecule has 1 heterocycles. The van der Waals surface area contributed by atoms with E-state index in [4.69, 9.17) is 17.3 Å². The Balaban J connectivity index is 1.86. The molecule has 0 radical (unpaired) electrons. The minimum atomic E-state index is 0.385. The van der Waals surface area contributed by atoms with E-state index in [1.54, 1.807) is 6.20 Å². The zero-order valence-electron chi connectivity index (χ0n) is 8.62. The molecule has 0 aliphatic heterocycles. The number of aromatic nitrogens is 1. The minimum Gasteiger partial charge on any atom is -0.369 e. The highest BCUT2D eigenvalue weighted by Crippen LogP contribution is 2.25. The molecule has 1 aliphatic carbocycles. The molecular weight excluding hydrogens is 210 g/mol. The number of rotatable bonds is 3. The van der Waals surface area contributed by atoms with Gasteiger partial charge < -0.3 is 11.1 Å². The largest absolute Gasteiger partial charge is 0.369 e. The van der Waals surface area contributed by atoms with Gasteiger partial charge in [0.1, 0.15) is 5.82 Å². The first-order chi connectivity index (χ1) is 7.25. The van der Waals surface area contributed by atoms with Gasteiger partial charge in [0.2, 0.25) is 0 Å². The molecule has 1 fully saturated rings. The normalized spacial score (nSPS) is 25.5. The van der Waals surface area contributed by atoms with Gasteiger partial charge in [-0.15, -0.1) is 0 Å². The first-order valence-electron chi connectivity index (χ1n) is 5.35. The number of hydrogen-bond acceptors (Lipinski definition) is 3. The number of hydrogen-bond donors (Lipinski definition) is 2. The molecule has 82 valence electrons. The van der Waals surface area contributed by atoms with E-state index in [9.17, 15) is 0 Å². The molecule has 1 saturated carbocycles. The lowest BCUT2D eigenvalue weighted by Gasteiger charge is -2.12. The van der Waals surface area contributed by atoms with Crippen molar-refractivity contribution < 1.29 is 0 Å². The van der Waals surface area contributed by atoms with Gasteiger partial charge in [0.25, 0.3) is 0 Å². The van der Waals surface area contributed by atoms with Crippen LogP contribution < -0.4 is 11.1 Å². The Labute approximate surface area is 95.0 Å². The van der Waals surface area contributed by atoms with Crippen molar-refractivity contribution >= 4 is 17.4 Å². The quantitative estimate of drug-likeness (QED) is 0.830. The highest BCUT2D eigenvalue weighted by Gasteiger charge is 2.21. The molecule has 4 heteroatoms. The van der Waals surface area contributed by atoms with E-state index in [1.807, 2.05) is 12.1 Å². The lowest BCUT2D eigenvalue weighted by Crippen LogP contribution is -2.18. The van der Waals surface area contributed by atoms with E-state index in [0.29, 0.717) is 17.0 Å². The summed E-state index contributed by atoms with van der Waals surface area (Å²) in [5.74, 6) is 1.44. The maximum Gasteiger partial charge on any atom is 0.144 e. The maximum atomic E-state index is 5.99. The molecule has 1 aromatic heterocycles. The van der Waals surface area contributed by atoms with Crippen LogP contribution in [0.1, 0.15) is 19.3 Å². The van der Waals surface area contributed by atoms with Crippen molar-refractivity contribution in [2.24, 2.45) is 11.7 Å². The van der Waals surface area contributed by atoms with Gasteiger partial charge in [-0.2, -0.15) is 0 Å². The lowest BCUT2D eigenvalue weighted by molar-refractivity contribution is 0.565. The van der Waals surface area contributed by atoms with Crippen molar-refractivity contribution in [2.45, 2.75) is 25.3 Å². The number of nitrogens with zero attached hydrogens (tertiary/aromatic N) is 1. The average Bonchev–Trinajstić information content (AvgIpc) is 2.63. The van der Waals surface area contributed by atoms with Gasteiger partial charge in [-0.1, -0.05) is 11.6 Å². The first kappa shape index (κ1) is 10.7. The van der Waals surface area contributed by atoms with Gasteiger partial charge in [0, 0.05) is 18.8 Å². The Morgan fingerprint density at radius 2 is 2.40 bits per heavy atom. The average molecular weight is 226 g/mol. The van der Waals surface area contributed by atoms with Crippen molar-refractivity contribution in [3.63, 3.8) is 0 Å². The molecule has 2 atom stereocenters. The van der Waals surface area contributed by atoms with E-state index in [0.717, 1.165) is 25.2 Å². The first-order valence-corrected chi connectivity index (χ1v) is 5.73. The Morgan fingerprint density at radius 3 is 3.07 bits per heavy atom. The molecular formula is C11H16ClN3. The smallest absolute Gasteiger partial charge is 0.144 e. The highest BCUT2D eigenvalue weighted by atomic mass is 35.5. The van der Waals surface area contributed by atoms with Gasteiger partial charge in [-0.25, -0.2) is 4.98 Å². The van der Waals surface area contributed by atoms with Crippen LogP contribution in [0.3, 0.4) is 0 Å². The van der Waals surface area contributed by atoms with Crippen LogP contribution in [0.2, 0.25) is 5.02 Å². The van der Waals surface area contributed by atoms with Crippen LogP contribution in [0, 0.1) is 5.92 Å². The van der Waals surface area contributed by atoms with E-state index in [1.165, 1.54) is 6.42 Å². The molecule has 0 amide bonds. The van der Waals surface area contributed by atoms with Crippen molar-refractivity contribution in [1.82, 2.24) is 4.98 Å². The molecule has 0 bridgehead atoms. The molecule has 0 spiro atoms. The molecule has 3 nitrogen and oxygen atoms in total. The SMILES string of the molecule is NC1CCC(CNc2ncccc2Cl)C1. The summed E-state index contributed by atoms with van der Waals surface area (Å²) in [6, 6.07) is 4.06. The number of nitrogens with two attached hydrogens (primary N) is 1. The summed E-state index contributed by atoms with van der Waals surface area (Å²) in [5, 5.41) is 3.96. The van der Waals surface area contributed by atoms with Gasteiger partial charge in [0.15, 0.2) is 0 Å². The second-order valence-electron chi connectivity index (χ2n) is 4.15. The van der Waals surface area contributed by atoms with Crippen LogP contribution in [0.25, 0.3) is 0 Å². The Hall–Kier alpha value is -0.800. The van der Waals surface area contributed by atoms with Crippen LogP contribution in [-0.4, -0.2) is 17.6 Å². The monoisotopic (exact) mass is 225 g/mol. The second kappa shape index (κ2) is 4.81. The van der Waals surface area contributed by atoms with Crippen molar-refractivity contribution in [3.8, 4) is 0 Å². The molecule has 1 aliphatic rings. The molecule has 0 saturated heterocycles. The van der Waals surface area contributed by atoms with Crippen LogP contribution in [0.4, 0.5) is 5.82 Å². The summed E-state index contributed by atoms with van der Waals surface area (Å²) in [4.78, 5) is 4.18. The number of pyridine rings is 1. The van der Waals surface area contributed by atoms with Gasteiger partial charge in [0.05, 0.1) is 5.02 Å². The fourth-order valence-corrected chi connectivity index (χ4v) is 2.24. The Bertz CT molecular complexity index is 329. The van der Waals surface area contributed by atoms with E-state index >= 15 is 0 Å².